The van der Waals surface area contributed by atoms with Gasteiger partial charge in [0.25, 0.3) is 0 Å². The number of rotatable bonds is 7. The molecule has 0 aromatic heterocycles. The fraction of sp³-hybridized carbons (Fsp3) is 0.923. The lowest BCUT2D eigenvalue weighted by Crippen LogP contribution is -2.39. The van der Waals surface area contributed by atoms with Gasteiger partial charge in [0.15, 0.2) is 0 Å². The van der Waals surface area contributed by atoms with E-state index in [1.807, 2.05) is 13.8 Å². The van der Waals surface area contributed by atoms with Crippen molar-refractivity contribution in [3.63, 3.8) is 0 Å². The molecule has 0 aliphatic carbocycles. The normalized spacial score (nSPS) is 12.1. The van der Waals surface area contributed by atoms with Crippen LogP contribution in [0.15, 0.2) is 0 Å². The minimum absolute atomic E-state index is 0. The molecule has 0 spiro atoms. The van der Waals surface area contributed by atoms with Crippen molar-refractivity contribution in [2.75, 3.05) is 0 Å². The van der Waals surface area contributed by atoms with E-state index in [4.69, 9.17) is 0 Å². The molecule has 0 bridgehead atoms. The average Bonchev–Trinajstić information content (AvgIpc) is 2.12. The van der Waals surface area contributed by atoms with Gasteiger partial charge in [-0.15, -0.1) is 0 Å². The Kier molecular flexibility index (Phi) is 7.68. The van der Waals surface area contributed by atoms with Gasteiger partial charge in [-0.3, -0.25) is 4.79 Å². The van der Waals surface area contributed by atoms with Crippen LogP contribution < -0.4 is 6.15 Å². The quantitative estimate of drug-likeness (QED) is 0.643. The van der Waals surface area contributed by atoms with Gasteiger partial charge < -0.3 is 11.3 Å². The molecule has 0 aromatic rings. The van der Waals surface area contributed by atoms with E-state index in [-0.39, 0.29) is 11.6 Å². The molecular formula is C13H29NO2. The van der Waals surface area contributed by atoms with Gasteiger partial charge in [0, 0.05) is 0 Å². The summed E-state index contributed by atoms with van der Waals surface area (Å²) in [5.41, 5.74) is -0.772. The van der Waals surface area contributed by atoms with Gasteiger partial charge in [-0.2, -0.15) is 0 Å². The van der Waals surface area contributed by atoms with Gasteiger partial charge >= 0.3 is 5.97 Å². The Balaban J connectivity index is 0. The van der Waals surface area contributed by atoms with Crippen LogP contribution in [0.3, 0.4) is 0 Å². The van der Waals surface area contributed by atoms with Crippen molar-refractivity contribution < 1.29 is 9.90 Å². The predicted molar refractivity (Wildman–Crippen MR) is 69.0 cm³/mol. The molecule has 0 aliphatic heterocycles. The maximum absolute atomic E-state index is 11.2. The van der Waals surface area contributed by atoms with Crippen molar-refractivity contribution in [2.24, 2.45) is 10.8 Å². The fourth-order valence-corrected chi connectivity index (χ4v) is 1.60. The largest absolute Gasteiger partial charge is 0.481 e. The molecule has 0 aliphatic rings. The van der Waals surface area contributed by atoms with E-state index in [1.165, 1.54) is 19.3 Å². The van der Waals surface area contributed by atoms with Crippen LogP contribution in [0, 0.1) is 10.8 Å². The summed E-state index contributed by atoms with van der Waals surface area (Å²) < 4.78 is 0. The average molecular weight is 231 g/mol. The number of carboxylic acid groups (broad SMARTS) is 1. The summed E-state index contributed by atoms with van der Waals surface area (Å²) in [5, 5.41) is 9.18. The van der Waals surface area contributed by atoms with Gasteiger partial charge in [0.1, 0.15) is 0 Å². The van der Waals surface area contributed by atoms with Gasteiger partial charge in [-0.25, -0.2) is 0 Å². The first kappa shape index (κ1) is 17.8. The molecule has 98 valence electrons. The minimum Gasteiger partial charge on any atom is -0.481 e. The number of carbonyl (C=O) groups is 1. The van der Waals surface area contributed by atoms with Crippen LogP contribution in [0.5, 0.6) is 0 Å². The van der Waals surface area contributed by atoms with Gasteiger partial charge in [-0.1, -0.05) is 46.5 Å². The summed E-state index contributed by atoms with van der Waals surface area (Å²) in [5.74, 6) is -0.692. The van der Waals surface area contributed by atoms with Crippen molar-refractivity contribution >= 4 is 5.97 Å². The molecule has 0 fully saturated rings. The first-order valence-electron chi connectivity index (χ1n) is 5.99. The lowest BCUT2D eigenvalue weighted by atomic mass is 9.65. The highest BCUT2D eigenvalue weighted by atomic mass is 16.4. The highest BCUT2D eigenvalue weighted by molar-refractivity contribution is 5.74. The maximum atomic E-state index is 11.2. The van der Waals surface area contributed by atoms with Crippen molar-refractivity contribution in [3.05, 3.63) is 0 Å². The predicted octanol–water partition coefficient (Wildman–Crippen LogP) is 4.26. The van der Waals surface area contributed by atoms with E-state index < -0.39 is 11.4 Å². The van der Waals surface area contributed by atoms with Crippen LogP contribution in [-0.2, 0) is 4.79 Å². The Morgan fingerprint density at radius 3 is 1.94 bits per heavy atom. The molecule has 16 heavy (non-hydrogen) atoms. The third kappa shape index (κ3) is 4.52. The van der Waals surface area contributed by atoms with Crippen molar-refractivity contribution in [1.82, 2.24) is 6.15 Å². The fourth-order valence-electron chi connectivity index (χ4n) is 1.60. The molecule has 0 saturated heterocycles. The smallest absolute Gasteiger partial charge is 0.309 e. The Labute approximate surface area is 100 Å². The number of hydrogen-bond donors (Lipinski definition) is 2. The standard InChI is InChI=1S/C13H26O2.H3N/c1-6-7-8-9-10-12(2,3)13(4,5)11(14)15;/h6-10H2,1-5H3,(H,14,15);1H3. The van der Waals surface area contributed by atoms with Crippen LogP contribution in [0.25, 0.3) is 0 Å². The van der Waals surface area contributed by atoms with E-state index in [9.17, 15) is 9.90 Å². The van der Waals surface area contributed by atoms with Crippen molar-refractivity contribution in [3.8, 4) is 0 Å². The highest BCUT2D eigenvalue weighted by Crippen LogP contribution is 2.42. The molecule has 0 aromatic carbocycles. The van der Waals surface area contributed by atoms with E-state index >= 15 is 0 Å². The van der Waals surface area contributed by atoms with E-state index in [0.29, 0.717) is 0 Å². The van der Waals surface area contributed by atoms with Crippen LogP contribution in [0.2, 0.25) is 0 Å². The van der Waals surface area contributed by atoms with Crippen molar-refractivity contribution in [1.29, 1.82) is 0 Å². The zero-order chi connectivity index (χ0) is 12.1. The summed E-state index contributed by atoms with van der Waals surface area (Å²) in [6.45, 7) is 9.97. The summed E-state index contributed by atoms with van der Waals surface area (Å²) in [7, 11) is 0. The van der Waals surface area contributed by atoms with Gasteiger partial charge in [0.2, 0.25) is 0 Å². The number of aliphatic carboxylic acids is 1. The molecule has 0 heterocycles. The Hall–Kier alpha value is -0.570. The SMILES string of the molecule is CCCCCCC(C)(C)C(C)(C)C(=O)O.N. The second kappa shape index (κ2) is 6.89. The number of unbranched alkanes of at least 4 members (excludes halogenated alkanes) is 3. The van der Waals surface area contributed by atoms with Gasteiger partial charge in [0.05, 0.1) is 5.41 Å². The highest BCUT2D eigenvalue weighted by Gasteiger charge is 2.42. The van der Waals surface area contributed by atoms with Crippen LogP contribution in [-0.4, -0.2) is 11.1 Å². The Morgan fingerprint density at radius 2 is 1.56 bits per heavy atom. The van der Waals surface area contributed by atoms with Crippen LogP contribution in [0.1, 0.15) is 66.7 Å². The van der Waals surface area contributed by atoms with Crippen LogP contribution in [0.4, 0.5) is 0 Å². The zero-order valence-electron chi connectivity index (χ0n) is 11.6. The lowest BCUT2D eigenvalue weighted by molar-refractivity contribution is -0.154. The first-order chi connectivity index (χ1) is 6.75. The molecule has 0 atom stereocenters. The zero-order valence-corrected chi connectivity index (χ0v) is 11.6. The lowest BCUT2D eigenvalue weighted by Gasteiger charge is -2.38. The second-order valence-electron chi connectivity index (χ2n) is 5.62. The molecule has 0 unspecified atom stereocenters. The van der Waals surface area contributed by atoms with Crippen LogP contribution >= 0.6 is 0 Å². The molecule has 3 nitrogen and oxygen atoms in total. The molecule has 0 radical (unpaired) electrons. The van der Waals surface area contributed by atoms with E-state index in [1.54, 1.807) is 0 Å². The molecule has 0 rings (SSSR count). The monoisotopic (exact) mass is 231 g/mol. The first-order valence-corrected chi connectivity index (χ1v) is 5.99. The summed E-state index contributed by atoms with van der Waals surface area (Å²) in [6.07, 6.45) is 5.83. The van der Waals surface area contributed by atoms with Crippen molar-refractivity contribution in [2.45, 2.75) is 66.7 Å². The number of hydrogen-bond acceptors (Lipinski definition) is 2. The summed E-state index contributed by atoms with van der Waals surface area (Å²) in [6, 6.07) is 0. The van der Waals surface area contributed by atoms with Gasteiger partial charge in [-0.05, 0) is 25.7 Å². The summed E-state index contributed by atoms with van der Waals surface area (Å²) in [4.78, 5) is 11.2. The maximum Gasteiger partial charge on any atom is 0.309 e. The number of carboxylic acids is 1. The second-order valence-corrected chi connectivity index (χ2v) is 5.62. The molecule has 0 amide bonds. The van der Waals surface area contributed by atoms with E-state index in [0.717, 1.165) is 12.8 Å². The third-order valence-corrected chi connectivity index (χ3v) is 3.88. The Bertz CT molecular complexity index is 210. The molecular weight excluding hydrogens is 202 g/mol. The topological polar surface area (TPSA) is 72.3 Å². The third-order valence-electron chi connectivity index (χ3n) is 3.88. The molecule has 4 N–H and O–H groups in total. The Morgan fingerprint density at radius 1 is 1.06 bits per heavy atom. The minimum atomic E-state index is -0.692. The summed E-state index contributed by atoms with van der Waals surface area (Å²) >= 11 is 0. The van der Waals surface area contributed by atoms with E-state index in [2.05, 4.69) is 20.8 Å². The molecule has 3 heteroatoms. The molecule has 0 saturated carbocycles.